The Labute approximate surface area is 196 Å². The predicted octanol–water partition coefficient (Wildman–Crippen LogP) is 7.23. The maximum absolute atomic E-state index is 13.4. The third-order valence-corrected chi connectivity index (χ3v) is 11.0. The van der Waals surface area contributed by atoms with Gasteiger partial charge < -0.3 is 4.74 Å². The fraction of sp³-hybridized carbons (Fsp3) is 0.750. The topological polar surface area (TPSA) is 69.4 Å². The van der Waals surface area contributed by atoms with E-state index in [0.29, 0.717) is 33.6 Å². The molecule has 2 bridgehead atoms. The number of hydrogen-bond acceptors (Lipinski definition) is 4. The average Bonchev–Trinajstić information content (AvgIpc) is 3.57. The molecule has 6 rings (SSSR count). The number of nitro groups is 1. The third kappa shape index (κ3) is 3.13. The van der Waals surface area contributed by atoms with Gasteiger partial charge in [-0.3, -0.25) is 10.1 Å². The highest BCUT2D eigenvalue weighted by molar-refractivity contribution is 5.89. The summed E-state index contributed by atoms with van der Waals surface area (Å²) in [4.78, 5) is 24.0. The number of hydrogen-bond donors (Lipinski definition) is 0. The summed E-state index contributed by atoms with van der Waals surface area (Å²) in [7, 11) is 0. The van der Waals surface area contributed by atoms with Crippen molar-refractivity contribution >= 4 is 11.7 Å². The molecule has 5 saturated carbocycles. The molecule has 0 aromatic heterocycles. The van der Waals surface area contributed by atoms with Crippen LogP contribution < -0.4 is 0 Å². The second kappa shape index (κ2) is 7.81. The molecule has 1 aromatic rings. The van der Waals surface area contributed by atoms with Crippen LogP contribution in [0.2, 0.25) is 0 Å². The summed E-state index contributed by atoms with van der Waals surface area (Å²) in [5.41, 5.74) is 1.65. The molecule has 5 aliphatic rings. The number of nitro benzene ring substituents is 1. The lowest BCUT2D eigenvalue weighted by Gasteiger charge is -2.53. The highest BCUT2D eigenvalue weighted by Gasteiger charge is 2.70. The van der Waals surface area contributed by atoms with Crippen molar-refractivity contribution in [3.63, 3.8) is 0 Å². The Hall–Kier alpha value is -1.91. The number of carbonyl (C=O) groups excluding carboxylic acids is 1. The van der Waals surface area contributed by atoms with Gasteiger partial charge in [-0.25, -0.2) is 4.79 Å². The summed E-state index contributed by atoms with van der Waals surface area (Å²) in [6, 6.07) is 5.97. The van der Waals surface area contributed by atoms with E-state index in [4.69, 9.17) is 4.74 Å². The van der Waals surface area contributed by atoms with Gasteiger partial charge in [0.2, 0.25) is 0 Å². The lowest BCUT2D eigenvalue weighted by Crippen LogP contribution is -2.49. The number of fused-ring (bicyclic) bond motifs is 5. The Morgan fingerprint density at radius 1 is 0.879 bits per heavy atom. The molecule has 0 heterocycles. The van der Waals surface area contributed by atoms with E-state index in [9.17, 15) is 14.9 Å². The molecular formula is C28H37NO4. The molecule has 3 spiro atoms. The third-order valence-electron chi connectivity index (χ3n) is 11.0. The molecule has 0 radical (unpaired) electrons. The Kier molecular flexibility index (Phi) is 5.12. The van der Waals surface area contributed by atoms with Crippen LogP contribution >= 0.6 is 0 Å². The lowest BCUT2D eigenvalue weighted by molar-refractivity contribution is -0.384. The number of carbonyl (C=O) groups is 1. The van der Waals surface area contributed by atoms with Crippen LogP contribution in [0.1, 0.15) is 107 Å². The van der Waals surface area contributed by atoms with Crippen LogP contribution in [0.5, 0.6) is 0 Å². The van der Waals surface area contributed by atoms with E-state index >= 15 is 0 Å². The van der Waals surface area contributed by atoms with Crippen LogP contribution in [0.3, 0.4) is 0 Å². The molecule has 1 aromatic carbocycles. The van der Waals surface area contributed by atoms with Crippen LogP contribution in [-0.2, 0) is 4.74 Å². The Balaban J connectivity index is 1.37. The van der Waals surface area contributed by atoms with Crippen LogP contribution in [0.15, 0.2) is 24.3 Å². The van der Waals surface area contributed by atoms with Gasteiger partial charge in [-0.1, -0.05) is 38.5 Å². The van der Waals surface area contributed by atoms with Crippen molar-refractivity contribution in [3.8, 4) is 0 Å². The summed E-state index contributed by atoms with van der Waals surface area (Å²) in [5.74, 6) is 0.700. The summed E-state index contributed by atoms with van der Waals surface area (Å²) in [5, 5.41) is 11.0. The first-order chi connectivity index (χ1) is 16.0. The van der Waals surface area contributed by atoms with Gasteiger partial charge in [0.1, 0.15) is 6.10 Å². The van der Waals surface area contributed by atoms with E-state index in [0.717, 1.165) is 0 Å². The zero-order valence-electron chi connectivity index (χ0n) is 19.7. The van der Waals surface area contributed by atoms with Gasteiger partial charge in [-0.15, -0.1) is 0 Å². The Morgan fingerprint density at radius 3 is 2.21 bits per heavy atom. The molecule has 0 unspecified atom stereocenters. The number of non-ortho nitro benzene ring substituents is 1. The molecule has 5 aliphatic carbocycles. The summed E-state index contributed by atoms with van der Waals surface area (Å²) in [6.45, 7) is 0. The second-order valence-electron chi connectivity index (χ2n) is 12.1. The minimum atomic E-state index is -0.421. The van der Waals surface area contributed by atoms with Crippen LogP contribution in [0.4, 0.5) is 5.69 Å². The SMILES string of the molecule is O=C(O[C@@H]1[C@@H]2CCCC3(CCCC3)[C@H]1[C@@]1(CCCC13CCCC3)C2)c1ccc([N+](=O)[O-])cc1. The first-order valence-corrected chi connectivity index (χ1v) is 13.4. The van der Waals surface area contributed by atoms with Crippen molar-refractivity contribution in [2.24, 2.45) is 28.1 Å². The van der Waals surface area contributed by atoms with Crippen LogP contribution in [0.25, 0.3) is 0 Å². The molecule has 0 N–H and O–H groups in total. The fourth-order valence-corrected chi connectivity index (χ4v) is 9.95. The standard InChI is InChI=1S/C28H37NO4/c30-25(20-8-10-22(11-9-20)29(31)32)33-23-21-7-5-14-26(12-1-2-13-26)24(23)28(19-21)18-6-17-27(28)15-3-4-16-27/h8-11,21,23-24H,1-7,12-19H2/t21-,23-,24+,28-/m1/s1. The maximum atomic E-state index is 13.4. The summed E-state index contributed by atoms with van der Waals surface area (Å²) in [6.07, 6.45) is 19.9. The Bertz CT molecular complexity index is 922. The van der Waals surface area contributed by atoms with Gasteiger partial charge in [0.05, 0.1) is 10.5 Å². The highest BCUT2D eigenvalue weighted by Crippen LogP contribution is 2.76. The molecule has 5 heteroatoms. The second-order valence-corrected chi connectivity index (χ2v) is 12.1. The van der Waals surface area contributed by atoms with Gasteiger partial charge in [0.15, 0.2) is 0 Å². The zero-order valence-corrected chi connectivity index (χ0v) is 19.7. The highest BCUT2D eigenvalue weighted by atomic mass is 16.6. The van der Waals surface area contributed by atoms with E-state index in [1.165, 1.54) is 108 Å². The number of benzene rings is 1. The molecule has 0 amide bonds. The summed E-state index contributed by atoms with van der Waals surface area (Å²) >= 11 is 0. The van der Waals surface area contributed by atoms with Crippen molar-refractivity contribution < 1.29 is 14.5 Å². The van der Waals surface area contributed by atoms with Crippen molar-refractivity contribution in [2.45, 2.75) is 102 Å². The molecule has 0 aliphatic heterocycles. The molecule has 5 nitrogen and oxygen atoms in total. The van der Waals surface area contributed by atoms with E-state index in [-0.39, 0.29) is 17.8 Å². The normalized spacial score (nSPS) is 35.9. The first-order valence-electron chi connectivity index (χ1n) is 13.4. The van der Waals surface area contributed by atoms with E-state index in [1.54, 1.807) is 12.1 Å². The number of ether oxygens (including phenoxy) is 1. The van der Waals surface area contributed by atoms with Crippen LogP contribution in [0, 0.1) is 38.2 Å². The lowest BCUT2D eigenvalue weighted by atomic mass is 9.51. The van der Waals surface area contributed by atoms with E-state index in [1.807, 2.05) is 0 Å². The molecule has 178 valence electrons. The summed E-state index contributed by atoms with van der Waals surface area (Å²) < 4.78 is 6.51. The quantitative estimate of drug-likeness (QED) is 0.276. The largest absolute Gasteiger partial charge is 0.458 e. The van der Waals surface area contributed by atoms with Gasteiger partial charge in [-0.2, -0.15) is 0 Å². The number of nitrogens with zero attached hydrogens (tertiary/aromatic N) is 1. The molecule has 5 fully saturated rings. The van der Waals surface area contributed by atoms with Gasteiger partial charge in [-0.05, 0) is 92.1 Å². The van der Waals surface area contributed by atoms with Gasteiger partial charge in [0.25, 0.3) is 5.69 Å². The molecule has 0 saturated heterocycles. The van der Waals surface area contributed by atoms with Crippen molar-refractivity contribution in [2.75, 3.05) is 0 Å². The maximum Gasteiger partial charge on any atom is 0.338 e. The van der Waals surface area contributed by atoms with Crippen molar-refractivity contribution in [1.29, 1.82) is 0 Å². The van der Waals surface area contributed by atoms with Crippen LogP contribution in [-0.4, -0.2) is 17.0 Å². The number of esters is 1. The van der Waals surface area contributed by atoms with Crippen molar-refractivity contribution in [1.82, 2.24) is 0 Å². The van der Waals surface area contributed by atoms with Gasteiger partial charge in [0, 0.05) is 18.1 Å². The zero-order chi connectivity index (χ0) is 22.7. The molecule has 33 heavy (non-hydrogen) atoms. The van der Waals surface area contributed by atoms with Gasteiger partial charge >= 0.3 is 5.97 Å². The minimum absolute atomic E-state index is 0.0130. The average molecular weight is 452 g/mol. The van der Waals surface area contributed by atoms with Crippen molar-refractivity contribution in [3.05, 3.63) is 39.9 Å². The van der Waals surface area contributed by atoms with E-state index < -0.39 is 4.92 Å². The molecule has 4 atom stereocenters. The Morgan fingerprint density at radius 2 is 1.52 bits per heavy atom. The number of rotatable bonds is 3. The minimum Gasteiger partial charge on any atom is -0.458 e. The predicted molar refractivity (Wildman–Crippen MR) is 126 cm³/mol. The monoisotopic (exact) mass is 451 g/mol. The molecular weight excluding hydrogens is 414 g/mol. The fourth-order valence-electron chi connectivity index (χ4n) is 9.95. The smallest absolute Gasteiger partial charge is 0.338 e. The van der Waals surface area contributed by atoms with E-state index in [2.05, 4.69) is 0 Å². The first kappa shape index (κ1) is 21.6.